The van der Waals surface area contributed by atoms with Crippen LogP contribution in [-0.2, 0) is 19.7 Å². The predicted octanol–water partition coefficient (Wildman–Crippen LogP) is 0.280. The normalized spacial score (nSPS) is 12.2. The van der Waals surface area contributed by atoms with Gasteiger partial charge >= 0.3 is 6.36 Å². The van der Waals surface area contributed by atoms with Crippen LogP contribution in [-0.4, -0.2) is 27.3 Å². The second kappa shape index (κ2) is 6.07. The number of benzene rings is 1. The van der Waals surface area contributed by atoms with E-state index < -0.39 is 39.5 Å². The van der Waals surface area contributed by atoms with Gasteiger partial charge in [-0.15, -0.1) is 13.2 Å². The Balaban J connectivity index is 2.85. The summed E-state index contributed by atoms with van der Waals surface area (Å²) in [6.07, 6.45) is -4.95. The van der Waals surface area contributed by atoms with E-state index in [2.05, 4.69) is 9.57 Å². The number of nitrogens with one attached hydrogen (secondary N) is 1. The summed E-state index contributed by atoms with van der Waals surface area (Å²) < 4.78 is 62.8. The van der Waals surface area contributed by atoms with Gasteiger partial charge in [-0.25, -0.2) is 8.42 Å². The van der Waals surface area contributed by atoms with Crippen molar-refractivity contribution >= 4 is 15.9 Å². The van der Waals surface area contributed by atoms with Crippen LogP contribution in [0.4, 0.5) is 13.2 Å². The lowest BCUT2D eigenvalue weighted by atomic mass is 10.3. The zero-order valence-corrected chi connectivity index (χ0v) is 10.5. The SMILES string of the molecule is NC(=O)CONS(=O)(=O)c1cccc(OC(F)(F)F)c1. The Morgan fingerprint density at radius 2 is 2.00 bits per heavy atom. The zero-order valence-electron chi connectivity index (χ0n) is 9.68. The van der Waals surface area contributed by atoms with E-state index >= 15 is 0 Å². The first-order valence-corrected chi connectivity index (χ1v) is 6.36. The number of ether oxygens (including phenoxy) is 1. The van der Waals surface area contributed by atoms with Gasteiger partial charge in [0.05, 0.1) is 4.90 Å². The summed E-state index contributed by atoms with van der Waals surface area (Å²) in [5.41, 5.74) is 4.71. The average molecular weight is 314 g/mol. The number of carbonyl (C=O) groups is 1. The van der Waals surface area contributed by atoms with Crippen molar-refractivity contribution in [2.45, 2.75) is 11.3 Å². The Bertz CT molecular complexity index is 587. The largest absolute Gasteiger partial charge is 0.573 e. The number of halogens is 3. The first-order chi connectivity index (χ1) is 9.10. The van der Waals surface area contributed by atoms with Gasteiger partial charge in [-0.3, -0.25) is 9.63 Å². The lowest BCUT2D eigenvalue weighted by Gasteiger charge is -2.10. The minimum absolute atomic E-state index is 0.538. The maximum atomic E-state index is 12.0. The molecule has 1 aromatic rings. The monoisotopic (exact) mass is 314 g/mol. The Labute approximate surface area is 111 Å². The molecular formula is C9H9F3N2O5S. The number of amides is 1. The summed E-state index contributed by atoms with van der Waals surface area (Å²) in [7, 11) is -4.26. The van der Waals surface area contributed by atoms with Crippen molar-refractivity contribution in [3.8, 4) is 5.75 Å². The topological polar surface area (TPSA) is 108 Å². The molecule has 0 fully saturated rings. The molecular weight excluding hydrogens is 305 g/mol. The highest BCUT2D eigenvalue weighted by molar-refractivity contribution is 7.89. The Morgan fingerprint density at radius 1 is 1.35 bits per heavy atom. The van der Waals surface area contributed by atoms with E-state index in [1.165, 1.54) is 4.89 Å². The van der Waals surface area contributed by atoms with Crippen LogP contribution in [0.5, 0.6) is 5.75 Å². The smallest absolute Gasteiger partial charge is 0.406 e. The summed E-state index contributed by atoms with van der Waals surface area (Å²) in [6.45, 7) is -0.724. The standard InChI is InChI=1S/C9H9F3N2O5S/c10-9(11,12)19-6-2-1-3-7(4-6)20(16,17)14-18-5-8(13)15/h1-4,14H,5H2,(H2,13,15). The average Bonchev–Trinajstić information content (AvgIpc) is 2.26. The van der Waals surface area contributed by atoms with Crippen LogP contribution in [0.15, 0.2) is 29.2 Å². The molecule has 0 atom stereocenters. The molecule has 0 aromatic heterocycles. The molecule has 0 aliphatic carbocycles. The van der Waals surface area contributed by atoms with E-state index in [1.807, 2.05) is 0 Å². The maximum absolute atomic E-state index is 12.0. The van der Waals surface area contributed by atoms with E-state index in [-0.39, 0.29) is 0 Å². The fraction of sp³-hybridized carbons (Fsp3) is 0.222. The van der Waals surface area contributed by atoms with Crippen LogP contribution in [0.25, 0.3) is 0 Å². The summed E-state index contributed by atoms with van der Waals surface area (Å²) in [5.74, 6) is -1.64. The van der Waals surface area contributed by atoms with Crippen LogP contribution in [0, 0.1) is 0 Å². The second-order valence-electron chi connectivity index (χ2n) is 3.36. The molecule has 20 heavy (non-hydrogen) atoms. The molecule has 0 unspecified atom stereocenters. The third-order valence-electron chi connectivity index (χ3n) is 1.73. The Hall–Kier alpha value is -1.85. The van der Waals surface area contributed by atoms with E-state index in [0.717, 1.165) is 18.2 Å². The highest BCUT2D eigenvalue weighted by Crippen LogP contribution is 2.24. The molecule has 0 radical (unpaired) electrons. The van der Waals surface area contributed by atoms with Crippen molar-refractivity contribution in [1.82, 2.24) is 4.89 Å². The molecule has 1 rings (SSSR count). The lowest BCUT2D eigenvalue weighted by Crippen LogP contribution is -2.29. The molecule has 112 valence electrons. The highest BCUT2D eigenvalue weighted by atomic mass is 32.2. The van der Waals surface area contributed by atoms with Crippen LogP contribution in [0.1, 0.15) is 0 Å². The van der Waals surface area contributed by atoms with Gasteiger partial charge in [-0.1, -0.05) is 11.0 Å². The number of alkyl halides is 3. The van der Waals surface area contributed by atoms with Crippen molar-refractivity contribution in [3.05, 3.63) is 24.3 Å². The third kappa shape index (κ3) is 5.42. The molecule has 0 heterocycles. The second-order valence-corrected chi connectivity index (χ2v) is 5.01. The molecule has 0 bridgehead atoms. The molecule has 1 amide bonds. The number of primary amides is 1. The zero-order chi connectivity index (χ0) is 15.4. The summed E-state index contributed by atoms with van der Waals surface area (Å²) in [4.78, 5) is 15.6. The number of carbonyl (C=O) groups excluding carboxylic acids is 1. The van der Waals surface area contributed by atoms with E-state index in [0.29, 0.717) is 6.07 Å². The van der Waals surface area contributed by atoms with Crippen molar-refractivity contribution < 1.29 is 36.0 Å². The number of sulfonamides is 1. The van der Waals surface area contributed by atoms with Crippen LogP contribution in [0.3, 0.4) is 0 Å². The summed E-state index contributed by atoms with van der Waals surface area (Å²) in [5, 5.41) is 0. The van der Waals surface area contributed by atoms with E-state index in [9.17, 15) is 26.4 Å². The number of hydrogen-bond acceptors (Lipinski definition) is 5. The lowest BCUT2D eigenvalue weighted by molar-refractivity contribution is -0.274. The molecule has 1 aromatic carbocycles. The van der Waals surface area contributed by atoms with Crippen LogP contribution in [0.2, 0.25) is 0 Å². The fourth-order valence-electron chi connectivity index (χ4n) is 1.06. The van der Waals surface area contributed by atoms with Crippen LogP contribution >= 0.6 is 0 Å². The van der Waals surface area contributed by atoms with Gasteiger partial charge in [0, 0.05) is 6.07 Å². The van der Waals surface area contributed by atoms with Gasteiger partial charge in [-0.05, 0) is 12.1 Å². The molecule has 0 saturated carbocycles. The maximum Gasteiger partial charge on any atom is 0.573 e. The number of hydrogen-bond donors (Lipinski definition) is 2. The highest BCUT2D eigenvalue weighted by Gasteiger charge is 2.31. The van der Waals surface area contributed by atoms with Gasteiger partial charge in [-0.2, -0.15) is 0 Å². The molecule has 0 aliphatic heterocycles. The third-order valence-corrected chi connectivity index (χ3v) is 2.94. The van der Waals surface area contributed by atoms with Gasteiger partial charge in [0.25, 0.3) is 10.0 Å². The first kappa shape index (κ1) is 16.2. The fourth-order valence-corrected chi connectivity index (χ4v) is 1.90. The minimum atomic E-state index is -4.95. The van der Waals surface area contributed by atoms with Crippen molar-refractivity contribution in [2.75, 3.05) is 6.61 Å². The van der Waals surface area contributed by atoms with Crippen molar-refractivity contribution in [1.29, 1.82) is 0 Å². The number of rotatable bonds is 6. The summed E-state index contributed by atoms with van der Waals surface area (Å²) in [6, 6.07) is 3.63. The van der Waals surface area contributed by atoms with Gasteiger partial charge in [0.2, 0.25) is 5.91 Å². The quantitative estimate of drug-likeness (QED) is 0.733. The minimum Gasteiger partial charge on any atom is -0.406 e. The molecule has 0 saturated heterocycles. The Kier molecular flexibility index (Phi) is 4.92. The van der Waals surface area contributed by atoms with Gasteiger partial charge in [0.15, 0.2) is 0 Å². The molecule has 0 spiro atoms. The predicted molar refractivity (Wildman–Crippen MR) is 58.6 cm³/mol. The van der Waals surface area contributed by atoms with Crippen molar-refractivity contribution in [3.63, 3.8) is 0 Å². The molecule has 0 aliphatic rings. The van der Waals surface area contributed by atoms with Crippen molar-refractivity contribution in [2.24, 2.45) is 5.73 Å². The molecule has 11 heteroatoms. The van der Waals surface area contributed by atoms with Crippen LogP contribution < -0.4 is 15.4 Å². The Morgan fingerprint density at radius 3 is 2.55 bits per heavy atom. The first-order valence-electron chi connectivity index (χ1n) is 4.88. The number of nitrogens with two attached hydrogens (primary N) is 1. The molecule has 3 N–H and O–H groups in total. The summed E-state index contributed by atoms with van der Waals surface area (Å²) >= 11 is 0. The molecule has 7 nitrogen and oxygen atoms in total. The van der Waals surface area contributed by atoms with E-state index in [1.54, 1.807) is 0 Å². The van der Waals surface area contributed by atoms with Gasteiger partial charge in [0.1, 0.15) is 12.4 Å². The van der Waals surface area contributed by atoms with Gasteiger partial charge < -0.3 is 10.5 Å². The van der Waals surface area contributed by atoms with E-state index in [4.69, 9.17) is 5.73 Å².